The Morgan fingerprint density at radius 1 is 1.15 bits per heavy atom. The molecule has 0 aliphatic heterocycles. The van der Waals surface area contributed by atoms with Crippen molar-refractivity contribution in [3.63, 3.8) is 0 Å². The normalized spacial score (nSPS) is 10.1. The molecule has 6 nitrogen and oxygen atoms in total. The number of nitrogen functional groups attached to an aromatic ring is 1. The van der Waals surface area contributed by atoms with Crippen molar-refractivity contribution in [1.29, 1.82) is 0 Å². The van der Waals surface area contributed by atoms with Crippen LogP contribution in [0, 0.1) is 15.9 Å². The van der Waals surface area contributed by atoms with Crippen LogP contribution in [-0.2, 0) is 6.54 Å². The molecule has 20 heavy (non-hydrogen) atoms. The Hall–Kier alpha value is -2.67. The Morgan fingerprint density at radius 3 is 2.50 bits per heavy atom. The number of nitrogens with two attached hydrogens (primary N) is 1. The van der Waals surface area contributed by atoms with Crippen LogP contribution in [0.15, 0.2) is 42.5 Å². The highest BCUT2D eigenvalue weighted by molar-refractivity contribution is 5.75. The zero-order chi connectivity index (χ0) is 14.5. The van der Waals surface area contributed by atoms with E-state index in [2.05, 4.69) is 10.7 Å². The number of hydrazine groups is 1. The third-order valence-electron chi connectivity index (χ3n) is 2.80. The van der Waals surface area contributed by atoms with Gasteiger partial charge in [0, 0.05) is 12.1 Å². The minimum Gasteiger partial charge on any atom is -0.375 e. The van der Waals surface area contributed by atoms with Crippen molar-refractivity contribution in [2.75, 3.05) is 10.7 Å². The highest BCUT2D eigenvalue weighted by atomic mass is 19.1. The van der Waals surface area contributed by atoms with Crippen LogP contribution >= 0.6 is 0 Å². The van der Waals surface area contributed by atoms with Gasteiger partial charge < -0.3 is 10.7 Å². The number of anilines is 2. The number of hydrogen-bond donors (Lipinski definition) is 3. The second-order valence-electron chi connectivity index (χ2n) is 4.05. The Labute approximate surface area is 114 Å². The van der Waals surface area contributed by atoms with Crippen LogP contribution in [0.1, 0.15) is 5.56 Å². The molecule has 0 heterocycles. The molecule has 0 saturated heterocycles. The van der Waals surface area contributed by atoms with Crippen molar-refractivity contribution in [3.8, 4) is 0 Å². The molecule has 4 N–H and O–H groups in total. The molecule has 0 atom stereocenters. The van der Waals surface area contributed by atoms with E-state index in [0.717, 1.165) is 0 Å². The lowest BCUT2D eigenvalue weighted by molar-refractivity contribution is -0.383. The van der Waals surface area contributed by atoms with Gasteiger partial charge in [0.05, 0.1) is 4.92 Å². The molecule has 0 aliphatic rings. The van der Waals surface area contributed by atoms with Crippen LogP contribution in [0.5, 0.6) is 0 Å². The van der Waals surface area contributed by atoms with Crippen molar-refractivity contribution < 1.29 is 9.31 Å². The summed E-state index contributed by atoms with van der Waals surface area (Å²) >= 11 is 0. The Morgan fingerprint density at radius 2 is 1.85 bits per heavy atom. The van der Waals surface area contributed by atoms with Crippen molar-refractivity contribution >= 4 is 17.1 Å². The van der Waals surface area contributed by atoms with Gasteiger partial charge >= 0.3 is 5.69 Å². The minimum absolute atomic E-state index is 0.140. The maximum atomic E-state index is 13.5. The first-order chi connectivity index (χ1) is 9.63. The summed E-state index contributed by atoms with van der Waals surface area (Å²) in [6.07, 6.45) is 0. The van der Waals surface area contributed by atoms with Crippen LogP contribution in [0.4, 0.5) is 21.5 Å². The van der Waals surface area contributed by atoms with E-state index in [1.807, 2.05) is 0 Å². The molecule has 2 aromatic rings. The van der Waals surface area contributed by atoms with Gasteiger partial charge in [-0.1, -0.05) is 24.3 Å². The summed E-state index contributed by atoms with van der Waals surface area (Å²) in [6, 6.07) is 10.9. The first-order valence-electron chi connectivity index (χ1n) is 5.84. The number of halogens is 1. The Balaban J connectivity index is 2.26. The van der Waals surface area contributed by atoms with Crippen LogP contribution in [0.25, 0.3) is 0 Å². The van der Waals surface area contributed by atoms with E-state index < -0.39 is 4.92 Å². The molecular weight excluding hydrogens is 263 g/mol. The SMILES string of the molecule is NNc1cccc(NCc2ccccc2F)c1[N+](=O)[O-]. The second-order valence-corrected chi connectivity index (χ2v) is 4.05. The van der Waals surface area contributed by atoms with E-state index in [0.29, 0.717) is 5.56 Å². The van der Waals surface area contributed by atoms with Gasteiger partial charge in [0.1, 0.15) is 17.2 Å². The predicted molar refractivity (Wildman–Crippen MR) is 74.6 cm³/mol. The van der Waals surface area contributed by atoms with Crippen LogP contribution < -0.4 is 16.6 Å². The molecule has 0 bridgehead atoms. The van der Waals surface area contributed by atoms with Crippen LogP contribution in [0.3, 0.4) is 0 Å². The van der Waals surface area contributed by atoms with Crippen molar-refractivity contribution in [3.05, 3.63) is 64.0 Å². The monoisotopic (exact) mass is 276 g/mol. The topological polar surface area (TPSA) is 93.2 Å². The van der Waals surface area contributed by atoms with Crippen LogP contribution in [0.2, 0.25) is 0 Å². The molecule has 7 heteroatoms. The number of nitro benzene ring substituents is 1. The minimum atomic E-state index is -0.543. The van der Waals surface area contributed by atoms with Crippen molar-refractivity contribution in [2.24, 2.45) is 5.84 Å². The summed E-state index contributed by atoms with van der Waals surface area (Å²) in [5, 5.41) is 13.9. The summed E-state index contributed by atoms with van der Waals surface area (Å²) in [7, 11) is 0. The molecule has 0 aromatic heterocycles. The fourth-order valence-electron chi connectivity index (χ4n) is 1.83. The molecule has 0 amide bonds. The average molecular weight is 276 g/mol. The van der Waals surface area contributed by atoms with Gasteiger partial charge in [-0.25, -0.2) is 4.39 Å². The molecule has 104 valence electrons. The highest BCUT2D eigenvalue weighted by Crippen LogP contribution is 2.32. The molecule has 0 spiro atoms. The summed E-state index contributed by atoms with van der Waals surface area (Å²) in [4.78, 5) is 10.5. The molecule has 0 saturated carbocycles. The number of benzene rings is 2. The van der Waals surface area contributed by atoms with E-state index in [1.165, 1.54) is 12.1 Å². The Kier molecular flexibility index (Phi) is 4.11. The number of para-hydroxylation sites is 1. The number of nitro groups is 1. The van der Waals surface area contributed by atoms with E-state index >= 15 is 0 Å². The first kappa shape index (κ1) is 13.8. The fourth-order valence-corrected chi connectivity index (χ4v) is 1.83. The van der Waals surface area contributed by atoms with Crippen LogP contribution in [-0.4, -0.2) is 4.92 Å². The number of nitrogens with zero attached hydrogens (tertiary/aromatic N) is 1. The molecular formula is C13H13FN4O2. The molecule has 0 unspecified atom stereocenters. The standard InChI is InChI=1S/C13H13FN4O2/c14-10-5-2-1-4-9(10)8-16-11-6-3-7-12(17-15)13(11)18(19)20/h1-7,16-17H,8,15H2. The number of hydrogen-bond acceptors (Lipinski definition) is 5. The second kappa shape index (κ2) is 5.98. The number of nitrogens with one attached hydrogen (secondary N) is 2. The van der Waals surface area contributed by atoms with E-state index in [-0.39, 0.29) is 29.4 Å². The number of rotatable bonds is 5. The predicted octanol–water partition coefficient (Wildman–Crippen LogP) is 2.63. The van der Waals surface area contributed by atoms with Crippen molar-refractivity contribution in [2.45, 2.75) is 6.54 Å². The highest BCUT2D eigenvalue weighted by Gasteiger charge is 2.19. The van der Waals surface area contributed by atoms with Gasteiger partial charge in [0.2, 0.25) is 0 Å². The van der Waals surface area contributed by atoms with Crippen molar-refractivity contribution in [1.82, 2.24) is 0 Å². The third-order valence-corrected chi connectivity index (χ3v) is 2.80. The van der Waals surface area contributed by atoms with E-state index in [1.54, 1.807) is 30.3 Å². The first-order valence-corrected chi connectivity index (χ1v) is 5.84. The lowest BCUT2D eigenvalue weighted by Crippen LogP contribution is -2.11. The molecule has 0 aliphatic carbocycles. The molecule has 2 aromatic carbocycles. The quantitative estimate of drug-likeness (QED) is 0.443. The van der Waals surface area contributed by atoms with Gasteiger partial charge in [-0.2, -0.15) is 0 Å². The third kappa shape index (κ3) is 2.83. The lowest BCUT2D eigenvalue weighted by atomic mass is 10.2. The summed E-state index contributed by atoms with van der Waals surface area (Å²) in [5.74, 6) is 4.88. The van der Waals surface area contributed by atoms with Gasteiger partial charge in [-0.15, -0.1) is 0 Å². The summed E-state index contributed by atoms with van der Waals surface area (Å²) in [6.45, 7) is 0.140. The maximum absolute atomic E-state index is 13.5. The van der Waals surface area contributed by atoms with Gasteiger partial charge in [-0.05, 0) is 18.2 Å². The van der Waals surface area contributed by atoms with Gasteiger partial charge in [0.15, 0.2) is 0 Å². The lowest BCUT2D eigenvalue weighted by Gasteiger charge is -2.10. The smallest absolute Gasteiger partial charge is 0.316 e. The molecule has 0 fully saturated rings. The van der Waals surface area contributed by atoms with E-state index in [9.17, 15) is 14.5 Å². The largest absolute Gasteiger partial charge is 0.375 e. The summed E-state index contributed by atoms with van der Waals surface area (Å²) in [5.41, 5.74) is 2.98. The Bertz CT molecular complexity index is 634. The summed E-state index contributed by atoms with van der Waals surface area (Å²) < 4.78 is 13.5. The zero-order valence-corrected chi connectivity index (χ0v) is 10.5. The molecule has 2 rings (SSSR count). The zero-order valence-electron chi connectivity index (χ0n) is 10.5. The van der Waals surface area contributed by atoms with Gasteiger partial charge in [-0.3, -0.25) is 16.0 Å². The fraction of sp³-hybridized carbons (Fsp3) is 0.0769. The molecule has 0 radical (unpaired) electrons. The van der Waals surface area contributed by atoms with E-state index in [4.69, 9.17) is 5.84 Å². The maximum Gasteiger partial charge on any atom is 0.316 e. The average Bonchev–Trinajstić information content (AvgIpc) is 2.45. The van der Waals surface area contributed by atoms with Gasteiger partial charge in [0.25, 0.3) is 0 Å².